The van der Waals surface area contributed by atoms with Crippen LogP contribution in [-0.4, -0.2) is 36.3 Å². The largest absolute Gasteiger partial charge is 0.334 e. The van der Waals surface area contributed by atoms with Gasteiger partial charge in [-0.2, -0.15) is 0 Å². The van der Waals surface area contributed by atoms with E-state index < -0.39 is 5.91 Å². The molecular formula is C15H20N2O2. The van der Waals surface area contributed by atoms with Gasteiger partial charge < -0.3 is 9.80 Å². The highest BCUT2D eigenvalue weighted by Crippen LogP contribution is 2.17. The summed E-state index contributed by atoms with van der Waals surface area (Å²) in [5, 5.41) is 0. The minimum Gasteiger partial charge on any atom is -0.334 e. The zero-order valence-electron chi connectivity index (χ0n) is 11.6. The van der Waals surface area contributed by atoms with Gasteiger partial charge in [-0.3, -0.25) is 9.59 Å². The number of carbonyl (C=O) groups excluding carboxylic acids is 2. The first-order valence-electron chi connectivity index (χ1n) is 6.81. The SMILES string of the molecule is CCN(C(=O)C(=O)N1CCCC1)c1cccc(C)c1. The lowest BCUT2D eigenvalue weighted by Gasteiger charge is -2.23. The third-order valence-corrected chi connectivity index (χ3v) is 3.45. The van der Waals surface area contributed by atoms with E-state index in [1.807, 2.05) is 38.1 Å². The lowest BCUT2D eigenvalue weighted by atomic mass is 10.2. The topological polar surface area (TPSA) is 40.6 Å². The smallest absolute Gasteiger partial charge is 0.316 e. The number of rotatable bonds is 2. The molecule has 1 aromatic rings. The molecule has 0 saturated carbocycles. The predicted molar refractivity (Wildman–Crippen MR) is 75.0 cm³/mol. The number of aryl methyl sites for hydroxylation is 1. The van der Waals surface area contributed by atoms with Crippen LogP contribution in [-0.2, 0) is 9.59 Å². The normalized spacial score (nSPS) is 14.5. The van der Waals surface area contributed by atoms with Crippen LogP contribution in [0.1, 0.15) is 25.3 Å². The first-order valence-corrected chi connectivity index (χ1v) is 6.81. The molecule has 1 aromatic carbocycles. The molecule has 1 saturated heterocycles. The number of carbonyl (C=O) groups is 2. The molecule has 0 atom stereocenters. The van der Waals surface area contributed by atoms with Gasteiger partial charge in [0.05, 0.1) is 0 Å². The van der Waals surface area contributed by atoms with E-state index >= 15 is 0 Å². The first kappa shape index (κ1) is 13.6. The minimum atomic E-state index is -0.421. The molecule has 2 rings (SSSR count). The van der Waals surface area contributed by atoms with E-state index in [4.69, 9.17) is 0 Å². The third kappa shape index (κ3) is 2.95. The Balaban J connectivity index is 2.17. The highest BCUT2D eigenvalue weighted by Gasteiger charge is 2.28. The number of benzene rings is 1. The Morgan fingerprint density at radius 2 is 1.95 bits per heavy atom. The molecule has 4 nitrogen and oxygen atoms in total. The molecular weight excluding hydrogens is 240 g/mol. The average Bonchev–Trinajstić information content (AvgIpc) is 2.92. The molecule has 2 amide bonds. The molecule has 19 heavy (non-hydrogen) atoms. The number of hydrogen-bond donors (Lipinski definition) is 0. The van der Waals surface area contributed by atoms with Gasteiger partial charge in [0.25, 0.3) is 0 Å². The summed E-state index contributed by atoms with van der Waals surface area (Å²) < 4.78 is 0. The van der Waals surface area contributed by atoms with Crippen molar-refractivity contribution in [3.8, 4) is 0 Å². The Morgan fingerprint density at radius 3 is 2.53 bits per heavy atom. The van der Waals surface area contributed by atoms with Crippen LogP contribution >= 0.6 is 0 Å². The van der Waals surface area contributed by atoms with Gasteiger partial charge in [0, 0.05) is 25.3 Å². The summed E-state index contributed by atoms with van der Waals surface area (Å²) in [6.07, 6.45) is 1.99. The van der Waals surface area contributed by atoms with Crippen LogP contribution in [0.3, 0.4) is 0 Å². The molecule has 0 unspecified atom stereocenters. The van der Waals surface area contributed by atoms with Gasteiger partial charge in [0.2, 0.25) is 0 Å². The van der Waals surface area contributed by atoms with Gasteiger partial charge in [0.1, 0.15) is 0 Å². The Morgan fingerprint density at radius 1 is 1.26 bits per heavy atom. The summed E-state index contributed by atoms with van der Waals surface area (Å²) in [5.41, 5.74) is 1.87. The van der Waals surface area contributed by atoms with Crippen molar-refractivity contribution in [3.05, 3.63) is 29.8 Å². The number of likely N-dealkylation sites (N-methyl/N-ethyl adjacent to an activating group) is 1. The second-order valence-corrected chi connectivity index (χ2v) is 4.89. The molecule has 0 spiro atoms. The fraction of sp³-hybridized carbons (Fsp3) is 0.467. The Labute approximate surface area is 114 Å². The molecule has 1 aliphatic heterocycles. The Hall–Kier alpha value is -1.84. The van der Waals surface area contributed by atoms with E-state index in [2.05, 4.69) is 0 Å². The molecule has 1 aliphatic rings. The maximum atomic E-state index is 12.3. The molecule has 4 heteroatoms. The monoisotopic (exact) mass is 260 g/mol. The summed E-state index contributed by atoms with van der Waals surface area (Å²) in [6.45, 7) is 5.77. The number of anilines is 1. The predicted octanol–water partition coefficient (Wildman–Crippen LogP) is 1.97. The van der Waals surface area contributed by atoms with Crippen LogP contribution in [0.4, 0.5) is 5.69 Å². The Bertz CT molecular complexity index is 479. The molecule has 0 aromatic heterocycles. The van der Waals surface area contributed by atoms with Crippen molar-refractivity contribution in [2.24, 2.45) is 0 Å². The van der Waals surface area contributed by atoms with Crippen LogP contribution in [0.15, 0.2) is 24.3 Å². The molecule has 0 radical (unpaired) electrons. The van der Waals surface area contributed by atoms with E-state index in [0.29, 0.717) is 19.6 Å². The number of likely N-dealkylation sites (tertiary alicyclic amines) is 1. The van der Waals surface area contributed by atoms with Crippen molar-refractivity contribution < 1.29 is 9.59 Å². The molecule has 0 bridgehead atoms. The lowest BCUT2D eigenvalue weighted by molar-refractivity contribution is -0.143. The van der Waals surface area contributed by atoms with Crippen molar-refractivity contribution in [1.29, 1.82) is 0 Å². The van der Waals surface area contributed by atoms with E-state index in [1.54, 1.807) is 9.80 Å². The number of nitrogens with zero attached hydrogens (tertiary/aromatic N) is 2. The van der Waals surface area contributed by atoms with Crippen LogP contribution in [0.2, 0.25) is 0 Å². The highest BCUT2D eigenvalue weighted by molar-refractivity contribution is 6.40. The van der Waals surface area contributed by atoms with Crippen LogP contribution in [0.5, 0.6) is 0 Å². The van der Waals surface area contributed by atoms with Gasteiger partial charge in [-0.05, 0) is 44.4 Å². The van der Waals surface area contributed by atoms with Gasteiger partial charge in [0.15, 0.2) is 0 Å². The highest BCUT2D eigenvalue weighted by atomic mass is 16.2. The van der Waals surface area contributed by atoms with Crippen LogP contribution < -0.4 is 4.90 Å². The zero-order chi connectivity index (χ0) is 13.8. The summed E-state index contributed by atoms with van der Waals surface area (Å²) in [5.74, 6) is -0.796. The maximum Gasteiger partial charge on any atom is 0.316 e. The quantitative estimate of drug-likeness (QED) is 0.763. The molecule has 1 fully saturated rings. The van der Waals surface area contributed by atoms with Crippen molar-refractivity contribution in [2.45, 2.75) is 26.7 Å². The van der Waals surface area contributed by atoms with Gasteiger partial charge >= 0.3 is 11.8 Å². The molecule has 1 heterocycles. The Kier molecular flexibility index (Phi) is 4.20. The van der Waals surface area contributed by atoms with Gasteiger partial charge in [-0.1, -0.05) is 12.1 Å². The zero-order valence-corrected chi connectivity index (χ0v) is 11.6. The maximum absolute atomic E-state index is 12.3. The summed E-state index contributed by atoms with van der Waals surface area (Å²) >= 11 is 0. The second-order valence-electron chi connectivity index (χ2n) is 4.89. The second kappa shape index (κ2) is 5.87. The number of hydrogen-bond acceptors (Lipinski definition) is 2. The summed E-state index contributed by atoms with van der Waals surface area (Å²) in [4.78, 5) is 27.6. The van der Waals surface area contributed by atoms with E-state index in [9.17, 15) is 9.59 Å². The van der Waals surface area contributed by atoms with Gasteiger partial charge in [-0.15, -0.1) is 0 Å². The fourth-order valence-electron chi connectivity index (χ4n) is 2.41. The van der Waals surface area contributed by atoms with Crippen molar-refractivity contribution in [2.75, 3.05) is 24.5 Å². The summed E-state index contributed by atoms with van der Waals surface area (Å²) in [6, 6.07) is 7.68. The van der Waals surface area contributed by atoms with E-state index in [0.717, 1.165) is 24.1 Å². The average molecular weight is 260 g/mol. The van der Waals surface area contributed by atoms with Crippen molar-refractivity contribution >= 4 is 17.5 Å². The molecule has 102 valence electrons. The van der Waals surface area contributed by atoms with Gasteiger partial charge in [-0.25, -0.2) is 0 Å². The van der Waals surface area contributed by atoms with Crippen LogP contribution in [0.25, 0.3) is 0 Å². The third-order valence-electron chi connectivity index (χ3n) is 3.45. The first-order chi connectivity index (χ1) is 9.13. The van der Waals surface area contributed by atoms with Crippen molar-refractivity contribution in [1.82, 2.24) is 4.90 Å². The van der Waals surface area contributed by atoms with Crippen molar-refractivity contribution in [3.63, 3.8) is 0 Å². The fourth-order valence-corrected chi connectivity index (χ4v) is 2.41. The minimum absolute atomic E-state index is 0.374. The standard InChI is InChI=1S/C15H20N2O2/c1-3-17(13-8-6-7-12(2)11-13)15(19)14(18)16-9-4-5-10-16/h6-8,11H,3-5,9-10H2,1-2H3. The number of amides is 2. The molecule has 0 aliphatic carbocycles. The molecule has 0 N–H and O–H groups in total. The van der Waals surface area contributed by atoms with Crippen LogP contribution in [0, 0.1) is 6.92 Å². The van der Waals surface area contributed by atoms with E-state index in [-0.39, 0.29) is 5.91 Å². The summed E-state index contributed by atoms with van der Waals surface area (Å²) in [7, 11) is 0. The van der Waals surface area contributed by atoms with E-state index in [1.165, 1.54) is 0 Å². The lowest BCUT2D eigenvalue weighted by Crippen LogP contribution is -2.44.